The Kier molecular flexibility index (Phi) is 10.4. The van der Waals surface area contributed by atoms with Crippen molar-refractivity contribution >= 4 is 0 Å². The molecule has 0 radical (unpaired) electrons. The molecule has 6 N–H and O–H groups in total. The zero-order chi connectivity index (χ0) is 27.1. The Morgan fingerprint density at radius 2 is 1.22 bits per heavy atom. The Morgan fingerprint density at radius 3 is 1.61 bits per heavy atom. The molecule has 5 atom stereocenters. The highest BCUT2D eigenvalue weighted by Crippen LogP contribution is 2.40. The average molecular weight is 511 g/mol. The number of methoxy groups -OCH3 is 4. The predicted octanol–water partition coefficient (Wildman–Crippen LogP) is 0.453. The number of rotatable bonds is 14. The maximum absolute atomic E-state index is 11.8. The summed E-state index contributed by atoms with van der Waals surface area (Å²) < 4.78 is 21.5. The molecule has 0 heterocycles. The molecule has 0 amide bonds. The third kappa shape index (κ3) is 5.86. The first-order valence-electron chi connectivity index (χ1n) is 11.6. The van der Waals surface area contributed by atoms with Crippen LogP contribution in [0.15, 0.2) is 36.4 Å². The van der Waals surface area contributed by atoms with Crippen LogP contribution < -0.4 is 18.9 Å². The van der Waals surface area contributed by atoms with Crippen molar-refractivity contribution < 1.29 is 49.6 Å². The standard InChI is InChI=1S/C26H38O10/c1-6-25(31,13-16-9-7-11-19(33-2)21(16)35-4)24(30)26(32,23(29)18(28)15-27)14-17-10-8-12-20(34-3)22(17)36-5/h7-12,18,23-24,27-32H,6,13-15H2,1-5H3/t18-,23+,24+,25?,26+/m0/s1. The summed E-state index contributed by atoms with van der Waals surface area (Å²) in [7, 11) is 5.74. The number of aliphatic hydroxyl groups excluding tert-OH is 4. The number of ether oxygens (including phenoxy) is 4. The Bertz CT molecular complexity index is 983. The molecule has 0 aromatic heterocycles. The van der Waals surface area contributed by atoms with Crippen LogP contribution in [0.5, 0.6) is 23.0 Å². The minimum absolute atomic E-state index is 0.0476. The van der Waals surface area contributed by atoms with Crippen LogP contribution in [0.4, 0.5) is 0 Å². The van der Waals surface area contributed by atoms with Crippen LogP contribution in [-0.2, 0) is 12.8 Å². The Labute approximate surface area is 211 Å². The van der Waals surface area contributed by atoms with Gasteiger partial charge in [-0.25, -0.2) is 0 Å². The molecular formula is C26H38O10. The maximum Gasteiger partial charge on any atom is 0.164 e. The molecule has 0 saturated carbocycles. The summed E-state index contributed by atoms with van der Waals surface area (Å²) in [6.07, 6.45) is -6.55. The summed E-state index contributed by atoms with van der Waals surface area (Å²) >= 11 is 0. The zero-order valence-corrected chi connectivity index (χ0v) is 21.3. The molecular weight excluding hydrogens is 472 g/mol. The van der Waals surface area contributed by atoms with E-state index in [4.69, 9.17) is 18.9 Å². The van der Waals surface area contributed by atoms with E-state index in [1.807, 2.05) is 0 Å². The summed E-state index contributed by atoms with van der Waals surface area (Å²) in [6.45, 7) is 0.719. The van der Waals surface area contributed by atoms with Crippen molar-refractivity contribution in [1.29, 1.82) is 0 Å². The molecule has 0 aliphatic carbocycles. The highest BCUT2D eigenvalue weighted by atomic mass is 16.5. The van der Waals surface area contributed by atoms with Crippen molar-refractivity contribution in [3.8, 4) is 23.0 Å². The number of benzene rings is 2. The van der Waals surface area contributed by atoms with Gasteiger partial charge in [-0.05, 0) is 18.6 Å². The first kappa shape index (κ1) is 29.6. The lowest BCUT2D eigenvalue weighted by molar-refractivity contribution is -0.229. The molecule has 0 aliphatic rings. The molecule has 0 spiro atoms. The van der Waals surface area contributed by atoms with Gasteiger partial charge in [-0.3, -0.25) is 0 Å². The summed E-state index contributed by atoms with van der Waals surface area (Å²) in [5.74, 6) is 1.34. The van der Waals surface area contributed by atoms with E-state index in [1.165, 1.54) is 28.4 Å². The monoisotopic (exact) mass is 510 g/mol. The number of para-hydroxylation sites is 2. The van der Waals surface area contributed by atoms with E-state index in [0.717, 1.165) is 0 Å². The van der Waals surface area contributed by atoms with Gasteiger partial charge in [0.2, 0.25) is 0 Å². The van der Waals surface area contributed by atoms with E-state index in [-0.39, 0.29) is 18.6 Å². The SMILES string of the molecule is CCC(O)(Cc1cccc(OC)c1OC)[C@@H](O)[C@@](O)(Cc1cccc(OC)c1OC)[C@H](O)[C@@H](O)CO. The van der Waals surface area contributed by atoms with Gasteiger partial charge in [-0.2, -0.15) is 0 Å². The van der Waals surface area contributed by atoms with E-state index in [2.05, 4.69) is 0 Å². The minimum Gasteiger partial charge on any atom is -0.493 e. The van der Waals surface area contributed by atoms with Gasteiger partial charge in [0.25, 0.3) is 0 Å². The van der Waals surface area contributed by atoms with Gasteiger partial charge in [-0.15, -0.1) is 0 Å². The Morgan fingerprint density at radius 1 is 0.750 bits per heavy atom. The van der Waals surface area contributed by atoms with Crippen LogP contribution in [0.3, 0.4) is 0 Å². The fourth-order valence-corrected chi connectivity index (χ4v) is 4.50. The minimum atomic E-state index is -2.53. The van der Waals surface area contributed by atoms with Crippen molar-refractivity contribution in [2.75, 3.05) is 35.0 Å². The zero-order valence-electron chi connectivity index (χ0n) is 21.3. The largest absolute Gasteiger partial charge is 0.493 e. The number of hydrogen-bond donors (Lipinski definition) is 6. The summed E-state index contributed by atoms with van der Waals surface area (Å²) in [6, 6.07) is 9.90. The fraction of sp³-hybridized carbons (Fsp3) is 0.538. The molecule has 2 aromatic rings. The Hall–Kier alpha value is -2.60. The highest BCUT2D eigenvalue weighted by Gasteiger charge is 2.54. The molecule has 10 heteroatoms. The van der Waals surface area contributed by atoms with Crippen LogP contribution >= 0.6 is 0 Å². The molecule has 36 heavy (non-hydrogen) atoms. The van der Waals surface area contributed by atoms with Crippen LogP contribution in [0.2, 0.25) is 0 Å². The van der Waals surface area contributed by atoms with Gasteiger partial charge < -0.3 is 49.6 Å². The summed E-state index contributed by atoms with van der Waals surface area (Å²) in [5, 5.41) is 65.6. The lowest BCUT2D eigenvalue weighted by atomic mass is 9.72. The second-order valence-corrected chi connectivity index (χ2v) is 8.70. The molecule has 0 aliphatic heterocycles. The second-order valence-electron chi connectivity index (χ2n) is 8.70. The van der Waals surface area contributed by atoms with Gasteiger partial charge in [0, 0.05) is 24.0 Å². The Balaban J connectivity index is 2.61. The highest BCUT2D eigenvalue weighted by molar-refractivity contribution is 5.48. The lowest BCUT2D eigenvalue weighted by Gasteiger charge is -2.46. The normalized spacial score (nSPS) is 17.3. The van der Waals surface area contributed by atoms with Gasteiger partial charge in [0.1, 0.15) is 23.9 Å². The average Bonchev–Trinajstić information content (AvgIpc) is 2.90. The summed E-state index contributed by atoms with van der Waals surface area (Å²) in [5.41, 5.74) is -3.71. The molecule has 0 saturated heterocycles. The van der Waals surface area contributed by atoms with Gasteiger partial charge in [0.15, 0.2) is 23.0 Å². The fourth-order valence-electron chi connectivity index (χ4n) is 4.50. The van der Waals surface area contributed by atoms with Crippen molar-refractivity contribution in [2.45, 2.75) is 55.7 Å². The van der Waals surface area contributed by atoms with Crippen LogP contribution in [0.1, 0.15) is 24.5 Å². The van der Waals surface area contributed by atoms with Crippen molar-refractivity contribution in [1.82, 2.24) is 0 Å². The van der Waals surface area contributed by atoms with Crippen LogP contribution in [-0.4, -0.2) is 95.2 Å². The van der Waals surface area contributed by atoms with Crippen molar-refractivity contribution in [2.24, 2.45) is 0 Å². The number of hydrogen-bond acceptors (Lipinski definition) is 10. The van der Waals surface area contributed by atoms with Gasteiger partial charge in [0.05, 0.1) is 40.6 Å². The van der Waals surface area contributed by atoms with Crippen LogP contribution in [0, 0.1) is 0 Å². The van der Waals surface area contributed by atoms with E-state index in [9.17, 15) is 30.6 Å². The molecule has 0 bridgehead atoms. The van der Waals surface area contributed by atoms with Crippen molar-refractivity contribution in [3.63, 3.8) is 0 Å². The van der Waals surface area contributed by atoms with Gasteiger partial charge >= 0.3 is 0 Å². The third-order valence-corrected chi connectivity index (χ3v) is 6.60. The first-order valence-corrected chi connectivity index (χ1v) is 11.6. The molecule has 202 valence electrons. The first-order chi connectivity index (χ1) is 17.1. The van der Waals surface area contributed by atoms with Crippen molar-refractivity contribution in [3.05, 3.63) is 47.5 Å². The van der Waals surface area contributed by atoms with Gasteiger partial charge in [-0.1, -0.05) is 31.2 Å². The summed E-state index contributed by atoms with van der Waals surface area (Å²) in [4.78, 5) is 0. The van der Waals surface area contributed by atoms with E-state index in [0.29, 0.717) is 28.4 Å². The predicted molar refractivity (Wildman–Crippen MR) is 132 cm³/mol. The van der Waals surface area contributed by atoms with E-state index < -0.39 is 42.5 Å². The topological polar surface area (TPSA) is 158 Å². The number of aliphatic hydroxyl groups is 6. The molecule has 0 fully saturated rings. The van der Waals surface area contributed by atoms with E-state index in [1.54, 1.807) is 43.3 Å². The maximum atomic E-state index is 11.8. The van der Waals surface area contributed by atoms with E-state index >= 15 is 0 Å². The smallest absolute Gasteiger partial charge is 0.164 e. The van der Waals surface area contributed by atoms with Crippen LogP contribution in [0.25, 0.3) is 0 Å². The molecule has 1 unspecified atom stereocenters. The third-order valence-electron chi connectivity index (χ3n) is 6.60. The lowest BCUT2D eigenvalue weighted by Crippen LogP contribution is -2.66. The molecule has 10 nitrogen and oxygen atoms in total. The quantitative estimate of drug-likeness (QED) is 0.211. The second kappa shape index (κ2) is 12.6. The molecule has 2 aromatic carbocycles. The molecule has 2 rings (SSSR count).